The predicted octanol–water partition coefficient (Wildman–Crippen LogP) is 0.000800. The van der Waals surface area contributed by atoms with Crippen LogP contribution >= 0.6 is 0 Å². The Kier molecular flexibility index (Phi) is 24.8. The molecule has 19 heavy (non-hydrogen) atoms. The summed E-state index contributed by atoms with van der Waals surface area (Å²) in [6.07, 6.45) is 0.716. The lowest BCUT2D eigenvalue weighted by molar-refractivity contribution is -0.142. The van der Waals surface area contributed by atoms with Crippen molar-refractivity contribution in [2.24, 2.45) is 11.7 Å². The molecule has 0 rings (SSSR count). The molecule has 0 aliphatic heterocycles. The van der Waals surface area contributed by atoms with E-state index in [4.69, 9.17) is 27.2 Å². The molecule has 2 unspecified atom stereocenters. The molecular weight excluding hydrogens is 265 g/mol. The lowest BCUT2D eigenvalue weighted by atomic mass is 10.1. The Morgan fingerprint density at radius 1 is 1.32 bits per heavy atom. The molecule has 8 nitrogen and oxygen atoms in total. The molecule has 114 valence electrons. The van der Waals surface area contributed by atoms with Gasteiger partial charge in [-0.2, -0.15) is 0 Å². The molecular formula is C10H20FNO7. The van der Waals surface area contributed by atoms with Gasteiger partial charge in [-0.05, 0) is 6.92 Å². The number of aldehydes is 1. The Balaban J connectivity index is -0.0000000941. The molecule has 0 bridgehead atoms. The second-order valence-electron chi connectivity index (χ2n) is 2.87. The van der Waals surface area contributed by atoms with E-state index in [0.29, 0.717) is 6.29 Å². The van der Waals surface area contributed by atoms with Gasteiger partial charge in [-0.15, -0.1) is 0 Å². The molecule has 0 aromatic rings. The van der Waals surface area contributed by atoms with Crippen LogP contribution in [0.1, 0.15) is 21.6 Å². The maximum absolute atomic E-state index is 9.96. The van der Waals surface area contributed by atoms with Gasteiger partial charge in [0.15, 0.2) is 0 Å². The van der Waals surface area contributed by atoms with Crippen LogP contribution in [-0.2, 0) is 19.2 Å². The highest BCUT2D eigenvalue weighted by molar-refractivity contribution is 5.73. The van der Waals surface area contributed by atoms with Gasteiger partial charge in [-0.25, -0.2) is 0 Å². The van der Waals surface area contributed by atoms with E-state index in [2.05, 4.69) is 0 Å². The van der Waals surface area contributed by atoms with Crippen LogP contribution < -0.4 is 5.73 Å². The standard InChI is InChI=1S/C5H8O3.C3H7NO2.CH3F.CH2O2/c1-4(2-3-6)5(7)8;1-2(4)3(5)6;1-2;2-1-3/h3-4H,2H2,1H3,(H,7,8);2H,4H2,1H3,(H,5,6);1H3;1H,(H,2,3)/i;;1D;. The largest absolute Gasteiger partial charge is 0.483 e. The monoisotopic (exact) mass is 286 g/mol. The van der Waals surface area contributed by atoms with Gasteiger partial charge in [0, 0.05) is 6.42 Å². The molecule has 0 fully saturated rings. The summed E-state index contributed by atoms with van der Waals surface area (Å²) in [6, 6.07) is -0.731. The van der Waals surface area contributed by atoms with Crippen LogP contribution in [0.3, 0.4) is 0 Å². The predicted molar refractivity (Wildman–Crippen MR) is 64.5 cm³/mol. The third-order valence-electron chi connectivity index (χ3n) is 1.26. The van der Waals surface area contributed by atoms with Crippen molar-refractivity contribution in [3.8, 4) is 0 Å². The van der Waals surface area contributed by atoms with Crippen LogP contribution in [0.5, 0.6) is 0 Å². The zero-order valence-corrected chi connectivity index (χ0v) is 10.7. The van der Waals surface area contributed by atoms with E-state index in [1.807, 2.05) is 0 Å². The molecule has 0 aliphatic carbocycles. The first kappa shape index (κ1) is 22.2. The van der Waals surface area contributed by atoms with E-state index in [1.165, 1.54) is 13.8 Å². The van der Waals surface area contributed by atoms with E-state index < -0.39 is 31.1 Å². The van der Waals surface area contributed by atoms with Crippen molar-refractivity contribution < 1.29 is 40.3 Å². The van der Waals surface area contributed by atoms with Gasteiger partial charge >= 0.3 is 11.9 Å². The number of carboxylic acid groups (broad SMARTS) is 3. The number of nitrogens with two attached hydrogens (primary N) is 1. The molecule has 5 N–H and O–H groups in total. The summed E-state index contributed by atoms with van der Waals surface area (Å²) in [5, 5.41) is 22.9. The van der Waals surface area contributed by atoms with Crippen molar-refractivity contribution in [2.75, 3.05) is 7.15 Å². The van der Waals surface area contributed by atoms with E-state index in [-0.39, 0.29) is 12.9 Å². The molecule has 0 aromatic carbocycles. The summed E-state index contributed by atoms with van der Waals surface area (Å²) in [5.41, 5.74) is 4.84. The Bertz CT molecular complexity index is 264. The van der Waals surface area contributed by atoms with Crippen molar-refractivity contribution in [2.45, 2.75) is 26.3 Å². The third kappa shape index (κ3) is 38.7. The van der Waals surface area contributed by atoms with Crippen LogP contribution in [0.15, 0.2) is 0 Å². The minimum Gasteiger partial charge on any atom is -0.483 e. The van der Waals surface area contributed by atoms with Crippen molar-refractivity contribution in [3.05, 3.63) is 0 Å². The quantitative estimate of drug-likeness (QED) is 0.526. The van der Waals surface area contributed by atoms with Crippen LogP contribution in [0.2, 0.25) is 0 Å². The average Bonchev–Trinajstić information content (AvgIpc) is 2.31. The maximum atomic E-state index is 9.96. The van der Waals surface area contributed by atoms with E-state index >= 15 is 0 Å². The van der Waals surface area contributed by atoms with E-state index in [1.54, 1.807) is 0 Å². The van der Waals surface area contributed by atoms with Gasteiger partial charge in [0.2, 0.25) is 0 Å². The number of halogens is 1. The molecule has 2 atom stereocenters. The first-order chi connectivity index (χ1) is 9.15. The average molecular weight is 286 g/mol. The van der Waals surface area contributed by atoms with Crippen LogP contribution in [0, 0.1) is 5.92 Å². The lowest BCUT2D eigenvalue weighted by Gasteiger charge is -1.95. The van der Waals surface area contributed by atoms with Gasteiger partial charge in [-0.1, -0.05) is 6.92 Å². The summed E-state index contributed by atoms with van der Waals surface area (Å²) in [5.74, 6) is -2.42. The third-order valence-corrected chi connectivity index (χ3v) is 1.26. The molecule has 9 heteroatoms. The van der Waals surface area contributed by atoms with Crippen molar-refractivity contribution in [3.63, 3.8) is 0 Å². The zero-order chi connectivity index (χ0) is 17.1. The second kappa shape index (κ2) is 21.3. The van der Waals surface area contributed by atoms with Crippen molar-refractivity contribution >= 4 is 24.7 Å². The lowest BCUT2D eigenvalue weighted by Crippen LogP contribution is -2.25. The SMILES string of the molecule is CC(CC=O)C(=O)O.CC(N)C(=O)O.O=CO.[2H]CF. The van der Waals surface area contributed by atoms with Crippen LogP contribution in [0.25, 0.3) is 0 Å². The van der Waals surface area contributed by atoms with Crippen LogP contribution in [-0.4, -0.2) is 53.2 Å². The summed E-state index contributed by atoms with van der Waals surface area (Å²) in [7, 11) is -1.00. The Morgan fingerprint density at radius 3 is 1.63 bits per heavy atom. The fraction of sp³-hybridized carbons (Fsp3) is 0.600. The molecule has 0 saturated carbocycles. The fourth-order valence-electron chi connectivity index (χ4n) is 0.245. The first-order valence-corrected chi connectivity index (χ1v) is 4.73. The van der Waals surface area contributed by atoms with Gasteiger partial charge in [0.05, 0.1) is 14.4 Å². The molecule has 0 heterocycles. The zero-order valence-electron chi connectivity index (χ0n) is 11.7. The summed E-state index contributed by atoms with van der Waals surface area (Å²) < 4.78 is 15.5. The number of alkyl halides is 1. The van der Waals surface area contributed by atoms with Gasteiger partial charge in [0.25, 0.3) is 6.47 Å². The van der Waals surface area contributed by atoms with Gasteiger partial charge < -0.3 is 25.8 Å². The molecule has 0 amide bonds. The van der Waals surface area contributed by atoms with E-state index in [0.717, 1.165) is 0 Å². The minimum absolute atomic E-state index is 0.106. The molecule has 0 aromatic heterocycles. The summed E-state index contributed by atoms with van der Waals surface area (Å²) in [6.45, 7) is 2.67. The van der Waals surface area contributed by atoms with Crippen molar-refractivity contribution in [1.82, 2.24) is 0 Å². The highest BCUT2D eigenvalue weighted by Crippen LogP contribution is 1.96. The van der Waals surface area contributed by atoms with Gasteiger partial charge in [-0.3, -0.25) is 18.8 Å². The second-order valence-corrected chi connectivity index (χ2v) is 2.87. The summed E-state index contributed by atoms with van der Waals surface area (Å²) >= 11 is 0. The maximum Gasteiger partial charge on any atom is 0.320 e. The topological polar surface area (TPSA) is 155 Å². The Morgan fingerprint density at radius 2 is 1.58 bits per heavy atom. The van der Waals surface area contributed by atoms with Gasteiger partial charge in [0.1, 0.15) is 12.3 Å². The normalized spacial score (nSPS) is 11.3. The molecule has 0 radical (unpaired) electrons. The molecule has 0 spiro atoms. The number of hydrogen-bond donors (Lipinski definition) is 4. The van der Waals surface area contributed by atoms with Crippen molar-refractivity contribution in [1.29, 1.82) is 0 Å². The Labute approximate surface area is 111 Å². The number of hydrogen-bond acceptors (Lipinski definition) is 5. The highest BCUT2D eigenvalue weighted by Gasteiger charge is 2.07. The molecule has 0 saturated heterocycles. The fourth-order valence-corrected chi connectivity index (χ4v) is 0.245. The molecule has 0 aliphatic rings. The summed E-state index contributed by atoms with van der Waals surface area (Å²) in [4.78, 5) is 37.5. The minimum atomic E-state index is -1.00. The smallest absolute Gasteiger partial charge is 0.320 e. The number of rotatable bonds is 4. The number of aliphatic carboxylic acids is 2. The number of carbonyl (C=O) groups is 4. The number of carbonyl (C=O) groups excluding carboxylic acids is 1. The Hall–Kier alpha value is -2.03. The van der Waals surface area contributed by atoms with Crippen LogP contribution in [0.4, 0.5) is 4.39 Å². The number of carboxylic acids is 2. The first-order valence-electron chi connectivity index (χ1n) is 5.44. The van der Waals surface area contributed by atoms with E-state index in [9.17, 15) is 18.8 Å². The highest BCUT2D eigenvalue weighted by atomic mass is 19.1.